The van der Waals surface area contributed by atoms with Gasteiger partial charge in [-0.15, -0.1) is 0 Å². The highest BCUT2D eigenvalue weighted by Crippen LogP contribution is 2.14. The van der Waals surface area contributed by atoms with Gasteiger partial charge < -0.3 is 67.4 Å². The van der Waals surface area contributed by atoms with Crippen LogP contribution in [0.2, 0.25) is 0 Å². The Bertz CT molecular complexity index is 2450. The minimum atomic E-state index is -1.51. The predicted molar refractivity (Wildman–Crippen MR) is 316 cm³/mol. The first-order chi connectivity index (χ1) is 42.1. The van der Waals surface area contributed by atoms with Crippen molar-refractivity contribution in [3.8, 4) is 0 Å². The smallest absolute Gasteiger partial charge is 0.320 e. The van der Waals surface area contributed by atoms with Crippen molar-refractivity contribution in [2.75, 3.05) is 158 Å². The van der Waals surface area contributed by atoms with E-state index < -0.39 is 148 Å². The second-order valence-electron chi connectivity index (χ2n) is 22.5. The van der Waals surface area contributed by atoms with Crippen LogP contribution in [0.15, 0.2) is 24.3 Å². The summed E-state index contributed by atoms with van der Waals surface area (Å²) in [4.78, 5) is 163. The van der Waals surface area contributed by atoms with Crippen molar-refractivity contribution in [1.82, 2.24) is 65.8 Å². The maximum atomic E-state index is 14.1. The van der Waals surface area contributed by atoms with Crippen molar-refractivity contribution in [2.45, 2.75) is 83.2 Å². The van der Waals surface area contributed by atoms with Crippen molar-refractivity contribution in [2.24, 2.45) is 5.92 Å². The fourth-order valence-electron chi connectivity index (χ4n) is 10.3. The molecule has 4 atom stereocenters. The van der Waals surface area contributed by atoms with Crippen LogP contribution in [0.25, 0.3) is 0 Å². The lowest BCUT2D eigenvalue weighted by molar-refractivity contribution is -0.145. The number of amides is 4. The number of hydrogen-bond donors (Lipinski definition) is 13. The van der Waals surface area contributed by atoms with Crippen LogP contribution in [-0.4, -0.2) is 333 Å². The van der Waals surface area contributed by atoms with Crippen molar-refractivity contribution < 1.29 is 98.4 Å². The predicted octanol–water partition coefficient (Wildman–Crippen LogP) is -4.43. The zero-order valence-corrected chi connectivity index (χ0v) is 51.0. The second-order valence-corrected chi connectivity index (χ2v) is 22.5. The molecule has 89 heavy (non-hydrogen) atoms. The molecule has 0 saturated carbocycles. The Hall–Kier alpha value is -7.50. The number of carbonyl (C=O) groups excluding carboxylic acids is 4. The van der Waals surface area contributed by atoms with Crippen LogP contribution in [0, 0.1) is 5.92 Å². The van der Waals surface area contributed by atoms with Gasteiger partial charge in [-0.25, -0.2) is 0 Å². The van der Waals surface area contributed by atoms with Gasteiger partial charge >= 0.3 is 47.8 Å². The summed E-state index contributed by atoms with van der Waals surface area (Å²) in [5, 5.41) is 92.7. The van der Waals surface area contributed by atoms with Gasteiger partial charge in [-0.05, 0) is 43.4 Å². The highest BCUT2D eigenvalue weighted by molar-refractivity contribution is 5.89. The number of carboxylic acid groups (broad SMARTS) is 8. The molecule has 2 saturated heterocycles. The number of carboxylic acids is 8. The lowest BCUT2D eigenvalue weighted by Gasteiger charge is -2.35. The summed E-state index contributed by atoms with van der Waals surface area (Å²) in [5.74, 6) is -12.1. The molecule has 0 spiro atoms. The van der Waals surface area contributed by atoms with Gasteiger partial charge in [0.2, 0.25) is 23.6 Å². The number of likely N-dealkylation sites (N-methyl/N-ethyl adjacent to an activating group) is 1. The number of nitrogens with zero attached hydrogens (tertiary/aromatic N) is 8. The molecule has 13 N–H and O–H groups in total. The number of rotatable bonds is 34. The number of benzene rings is 1. The molecule has 0 bridgehead atoms. The molecule has 4 amide bonds. The quantitative estimate of drug-likeness (QED) is 0.0310. The first kappa shape index (κ1) is 75.7. The van der Waals surface area contributed by atoms with Gasteiger partial charge in [-0.3, -0.25) is 96.7 Å². The van der Waals surface area contributed by atoms with Gasteiger partial charge in [0.15, 0.2) is 0 Å². The molecule has 2 fully saturated rings. The Morgan fingerprint density at radius 3 is 0.955 bits per heavy atom. The largest absolute Gasteiger partial charge is 0.480 e. The van der Waals surface area contributed by atoms with E-state index in [9.17, 15) is 98.4 Å². The Kier molecular flexibility index (Phi) is 34.2. The van der Waals surface area contributed by atoms with E-state index in [2.05, 4.69) is 26.6 Å². The monoisotopic (exact) mass is 1270 g/mol. The van der Waals surface area contributed by atoms with E-state index in [0.29, 0.717) is 12.0 Å². The fourth-order valence-corrected chi connectivity index (χ4v) is 10.3. The van der Waals surface area contributed by atoms with Gasteiger partial charge in [-0.2, -0.15) is 0 Å². The van der Waals surface area contributed by atoms with E-state index in [0.717, 1.165) is 5.56 Å². The maximum absolute atomic E-state index is 14.1. The van der Waals surface area contributed by atoms with Crippen molar-refractivity contribution in [1.29, 1.82) is 0 Å². The van der Waals surface area contributed by atoms with E-state index >= 15 is 0 Å². The molecule has 2 heterocycles. The third kappa shape index (κ3) is 31.5. The van der Waals surface area contributed by atoms with Crippen molar-refractivity contribution >= 4 is 71.4 Å². The lowest BCUT2D eigenvalue weighted by atomic mass is 10.0. The average Bonchev–Trinajstić information content (AvgIpc) is 3.67. The van der Waals surface area contributed by atoms with Crippen LogP contribution in [0.4, 0.5) is 0 Å². The first-order valence-corrected chi connectivity index (χ1v) is 29.6. The summed E-state index contributed by atoms with van der Waals surface area (Å²) in [5.41, 5.74) is 1.36. The summed E-state index contributed by atoms with van der Waals surface area (Å²) in [6.07, 6.45) is -1.04. The highest BCUT2D eigenvalue weighted by atomic mass is 16.4. The van der Waals surface area contributed by atoms with Gasteiger partial charge in [0.05, 0.1) is 45.3 Å². The molecule has 2 unspecified atom stereocenters. The Morgan fingerprint density at radius 2 is 0.685 bits per heavy atom. The molecule has 0 aromatic heterocycles. The van der Waals surface area contributed by atoms with Gasteiger partial charge in [0.25, 0.3) is 0 Å². The van der Waals surface area contributed by atoms with E-state index in [1.54, 1.807) is 41.1 Å². The normalized spacial score (nSPS) is 18.0. The molecule has 33 heteroatoms. The van der Waals surface area contributed by atoms with E-state index in [4.69, 9.17) is 0 Å². The lowest BCUT2D eigenvalue weighted by Crippen LogP contribution is -2.53. The van der Waals surface area contributed by atoms with Gasteiger partial charge in [0.1, 0.15) is 18.1 Å². The summed E-state index contributed by atoms with van der Waals surface area (Å²) in [6.45, 7) is 1.30. The summed E-state index contributed by atoms with van der Waals surface area (Å²) in [6, 6.07) is 2.22. The van der Waals surface area contributed by atoms with Crippen LogP contribution >= 0.6 is 0 Å². The zero-order valence-electron chi connectivity index (χ0n) is 51.0. The van der Waals surface area contributed by atoms with Crippen LogP contribution < -0.4 is 26.6 Å². The molecule has 500 valence electrons. The van der Waals surface area contributed by atoms with Crippen LogP contribution in [-0.2, 0) is 70.6 Å². The number of nitrogens with one attached hydrogen (secondary N) is 5. The minimum absolute atomic E-state index is 0.00451. The van der Waals surface area contributed by atoms with Crippen LogP contribution in [0.5, 0.6) is 0 Å². The minimum Gasteiger partial charge on any atom is -0.480 e. The molecular formula is C56H91N13O20. The van der Waals surface area contributed by atoms with Crippen LogP contribution in [0.1, 0.15) is 57.1 Å². The Balaban J connectivity index is 1.87. The van der Waals surface area contributed by atoms with Crippen LogP contribution in [0.3, 0.4) is 0 Å². The van der Waals surface area contributed by atoms with E-state index in [1.807, 2.05) is 13.8 Å². The van der Waals surface area contributed by atoms with Crippen molar-refractivity contribution in [3.05, 3.63) is 35.4 Å². The topological polar surface area (TPSA) is 453 Å². The fraction of sp³-hybridized carbons (Fsp3) is 0.679. The summed E-state index contributed by atoms with van der Waals surface area (Å²) in [7, 11) is 1.70. The van der Waals surface area contributed by atoms with Gasteiger partial charge in [0, 0.05) is 137 Å². The third-order valence-electron chi connectivity index (χ3n) is 15.1. The molecule has 2 aliphatic rings. The Labute approximate surface area is 516 Å². The number of hydrogen-bond acceptors (Lipinski definition) is 21. The number of aliphatic carboxylic acids is 8. The van der Waals surface area contributed by atoms with E-state index in [-0.39, 0.29) is 142 Å². The summed E-state index contributed by atoms with van der Waals surface area (Å²) < 4.78 is 0. The maximum Gasteiger partial charge on any atom is 0.320 e. The number of carbonyl (C=O) groups is 12. The van der Waals surface area contributed by atoms with E-state index in [1.165, 1.54) is 29.4 Å². The standard InChI is InChI=1S/C56H91N13O20/c1-38(2)28-41(57-3)53(84)59-29-39-4-6-40(7-5-39)30-60-54(85)42(61-46(71)11-9-44(56(88)89)69-26-22-66(36-51(80)81)18-14-63(33-48(74)75)15-19-67(23-27-69)37-52(82)83)31-58-45(70)10-8-43(55(86)87)68-24-20-64(34-49(76)77)16-12-62(32-47(72)73)13-17-65(21-25-68)35-50(78)79/h4-7,38,41-44,57H,8-37H2,1-3H3,(H,58,70)(H,59,84)(H,60,85)(H,61,71)(H,72,73)(H,74,75)(H,76,77)(H,78,79)(H,80,81)(H,82,83)(H,86,87)(H,88,89)/t41-,42-,43?,44?/m0/s1. The van der Waals surface area contributed by atoms with Gasteiger partial charge in [-0.1, -0.05) is 38.1 Å². The molecule has 0 radical (unpaired) electrons. The first-order valence-electron chi connectivity index (χ1n) is 29.6. The molecule has 1 aromatic carbocycles. The highest BCUT2D eigenvalue weighted by Gasteiger charge is 2.32. The molecule has 0 aliphatic carbocycles. The molecule has 33 nitrogen and oxygen atoms in total. The zero-order chi connectivity index (χ0) is 66.2. The Morgan fingerprint density at radius 1 is 0.404 bits per heavy atom. The molecular weight excluding hydrogens is 1170 g/mol. The second kappa shape index (κ2) is 40.2. The molecule has 2 aliphatic heterocycles. The SMILES string of the molecule is CN[C@@H](CC(C)C)C(=O)NCc1ccc(CNC(=O)[C@H](CNC(=O)CCC(C(=O)O)N2CCN(CC(=O)O)CCN(CC(=O)O)CCN(CC(=O)O)CC2)NC(=O)CCC(C(=O)O)N2CCN(CC(=O)O)CCN(CC(=O)O)CCN(CC(=O)O)CC2)cc1. The average molecular weight is 1270 g/mol. The third-order valence-corrected chi connectivity index (χ3v) is 15.1. The molecule has 3 rings (SSSR count). The summed E-state index contributed by atoms with van der Waals surface area (Å²) >= 11 is 0. The molecule has 1 aromatic rings. The van der Waals surface area contributed by atoms with Crippen molar-refractivity contribution in [3.63, 3.8) is 0 Å².